The van der Waals surface area contributed by atoms with Crippen LogP contribution in [0.15, 0.2) is 18.2 Å². The Labute approximate surface area is 120 Å². The summed E-state index contributed by atoms with van der Waals surface area (Å²) < 4.78 is 51.0. The van der Waals surface area contributed by atoms with Crippen LogP contribution in [0.1, 0.15) is 32.3 Å². The summed E-state index contributed by atoms with van der Waals surface area (Å²) in [6.07, 6.45) is -2.86. The van der Waals surface area contributed by atoms with Crippen LogP contribution in [0.3, 0.4) is 0 Å². The van der Waals surface area contributed by atoms with Gasteiger partial charge in [0.2, 0.25) is 5.91 Å². The molecule has 1 aromatic carbocycles. The minimum absolute atomic E-state index is 0.0318. The molecule has 0 aliphatic rings. The molecule has 21 heavy (non-hydrogen) atoms. The third kappa shape index (κ3) is 5.61. The number of hydrogen-bond donors (Lipinski definition) is 2. The monoisotopic (exact) mass is 306 g/mol. The van der Waals surface area contributed by atoms with Crippen molar-refractivity contribution < 1.29 is 22.4 Å². The van der Waals surface area contributed by atoms with E-state index in [9.17, 15) is 22.4 Å². The van der Waals surface area contributed by atoms with Crippen LogP contribution in [-0.4, -0.2) is 18.5 Å². The van der Waals surface area contributed by atoms with Crippen molar-refractivity contribution in [3.8, 4) is 0 Å². The van der Waals surface area contributed by atoms with Crippen molar-refractivity contribution in [2.45, 2.75) is 38.9 Å². The second kappa shape index (κ2) is 7.28. The molecule has 0 spiro atoms. The number of halogens is 4. The molecule has 0 saturated heterocycles. The molecule has 1 unspecified atom stereocenters. The fourth-order valence-electron chi connectivity index (χ4n) is 1.84. The van der Waals surface area contributed by atoms with E-state index < -0.39 is 23.5 Å². The molecule has 1 aromatic rings. The van der Waals surface area contributed by atoms with Crippen LogP contribution in [0.2, 0.25) is 0 Å². The average Bonchev–Trinajstić information content (AvgIpc) is 2.36. The van der Waals surface area contributed by atoms with Crippen molar-refractivity contribution >= 4 is 11.6 Å². The zero-order valence-electron chi connectivity index (χ0n) is 11.9. The molecule has 3 nitrogen and oxygen atoms in total. The van der Waals surface area contributed by atoms with E-state index in [4.69, 9.17) is 0 Å². The zero-order chi connectivity index (χ0) is 16.0. The number of rotatable bonds is 6. The summed E-state index contributed by atoms with van der Waals surface area (Å²) in [5.41, 5.74) is -1.31. The van der Waals surface area contributed by atoms with E-state index in [2.05, 4.69) is 10.6 Å². The van der Waals surface area contributed by atoms with Crippen LogP contribution in [0.5, 0.6) is 0 Å². The molecule has 0 aromatic heterocycles. The first kappa shape index (κ1) is 17.3. The summed E-state index contributed by atoms with van der Waals surface area (Å²) >= 11 is 0. The van der Waals surface area contributed by atoms with Crippen LogP contribution in [0.25, 0.3) is 0 Å². The lowest BCUT2D eigenvalue weighted by Gasteiger charge is -2.14. The minimum Gasteiger partial charge on any atom is -0.374 e. The fraction of sp³-hybridized carbons (Fsp3) is 0.500. The Kier molecular flexibility index (Phi) is 5.99. The number of carbonyl (C=O) groups is 1. The van der Waals surface area contributed by atoms with Gasteiger partial charge in [-0.3, -0.25) is 4.79 Å². The largest absolute Gasteiger partial charge is 0.416 e. The molecule has 2 N–H and O–H groups in total. The Morgan fingerprint density at radius 1 is 1.33 bits per heavy atom. The summed E-state index contributed by atoms with van der Waals surface area (Å²) in [7, 11) is 0. The van der Waals surface area contributed by atoms with Crippen molar-refractivity contribution in [1.82, 2.24) is 5.32 Å². The number of carbonyl (C=O) groups excluding carboxylic acids is 1. The maximum absolute atomic E-state index is 13.4. The van der Waals surface area contributed by atoms with Gasteiger partial charge in [0, 0.05) is 6.04 Å². The standard InChI is InChI=1S/C14H18F4N2O/c1-3-4-9(2)20-13(21)8-19-12-7-10(14(16,17)18)5-6-11(12)15/h5-7,9,19H,3-4,8H2,1-2H3,(H,20,21). The molecule has 0 aliphatic carbocycles. The smallest absolute Gasteiger partial charge is 0.374 e. The molecular formula is C14H18F4N2O. The highest BCUT2D eigenvalue weighted by Gasteiger charge is 2.31. The van der Waals surface area contributed by atoms with E-state index in [1.807, 2.05) is 13.8 Å². The maximum Gasteiger partial charge on any atom is 0.416 e. The summed E-state index contributed by atoms with van der Waals surface area (Å²) in [5.74, 6) is -1.23. The summed E-state index contributed by atoms with van der Waals surface area (Å²) in [4.78, 5) is 11.6. The lowest BCUT2D eigenvalue weighted by molar-refractivity contribution is -0.137. The van der Waals surface area contributed by atoms with Crippen molar-refractivity contribution in [2.75, 3.05) is 11.9 Å². The lowest BCUT2D eigenvalue weighted by atomic mass is 10.2. The zero-order valence-corrected chi connectivity index (χ0v) is 11.9. The molecule has 0 heterocycles. The molecule has 0 bridgehead atoms. The van der Waals surface area contributed by atoms with E-state index >= 15 is 0 Å². The number of benzene rings is 1. The maximum atomic E-state index is 13.4. The molecule has 0 fully saturated rings. The molecule has 7 heteroatoms. The average molecular weight is 306 g/mol. The van der Waals surface area contributed by atoms with Gasteiger partial charge in [-0.2, -0.15) is 13.2 Å². The Bertz CT molecular complexity index is 488. The van der Waals surface area contributed by atoms with Gasteiger partial charge in [-0.1, -0.05) is 13.3 Å². The Morgan fingerprint density at radius 2 is 2.00 bits per heavy atom. The SMILES string of the molecule is CCCC(C)NC(=O)CNc1cc(C(F)(F)F)ccc1F. The summed E-state index contributed by atoms with van der Waals surface area (Å²) in [6.45, 7) is 3.51. The molecule has 118 valence electrons. The highest BCUT2D eigenvalue weighted by Crippen LogP contribution is 2.31. The lowest BCUT2D eigenvalue weighted by Crippen LogP contribution is -2.36. The van der Waals surface area contributed by atoms with Gasteiger partial charge in [-0.25, -0.2) is 4.39 Å². The van der Waals surface area contributed by atoms with Gasteiger partial charge in [0.25, 0.3) is 0 Å². The number of alkyl halides is 3. The Hall–Kier alpha value is -1.79. The summed E-state index contributed by atoms with van der Waals surface area (Å²) in [5, 5.41) is 5.05. The van der Waals surface area contributed by atoms with Crippen molar-refractivity contribution in [3.63, 3.8) is 0 Å². The number of nitrogens with one attached hydrogen (secondary N) is 2. The molecule has 1 amide bonds. The third-order valence-corrected chi connectivity index (χ3v) is 2.86. The van der Waals surface area contributed by atoms with E-state index in [0.717, 1.165) is 18.9 Å². The normalized spacial score (nSPS) is 12.9. The predicted molar refractivity (Wildman–Crippen MR) is 72.4 cm³/mol. The van der Waals surface area contributed by atoms with Crippen LogP contribution < -0.4 is 10.6 Å². The van der Waals surface area contributed by atoms with Gasteiger partial charge < -0.3 is 10.6 Å². The highest BCUT2D eigenvalue weighted by molar-refractivity contribution is 5.81. The molecule has 0 saturated carbocycles. The van der Waals surface area contributed by atoms with E-state index in [0.29, 0.717) is 12.1 Å². The van der Waals surface area contributed by atoms with E-state index in [1.165, 1.54) is 0 Å². The van der Waals surface area contributed by atoms with Gasteiger partial charge in [0.15, 0.2) is 0 Å². The molecule has 0 radical (unpaired) electrons. The van der Waals surface area contributed by atoms with Crippen LogP contribution in [0.4, 0.5) is 23.2 Å². The quantitative estimate of drug-likeness (QED) is 0.789. The van der Waals surface area contributed by atoms with Crippen LogP contribution >= 0.6 is 0 Å². The minimum atomic E-state index is -4.55. The van der Waals surface area contributed by atoms with Crippen molar-refractivity contribution in [1.29, 1.82) is 0 Å². The number of anilines is 1. The van der Waals surface area contributed by atoms with Crippen LogP contribution in [-0.2, 0) is 11.0 Å². The molecule has 1 rings (SSSR count). The third-order valence-electron chi connectivity index (χ3n) is 2.86. The van der Waals surface area contributed by atoms with Crippen LogP contribution in [0, 0.1) is 5.82 Å². The highest BCUT2D eigenvalue weighted by atomic mass is 19.4. The second-order valence-corrected chi connectivity index (χ2v) is 4.80. The number of hydrogen-bond acceptors (Lipinski definition) is 2. The first-order valence-corrected chi connectivity index (χ1v) is 6.64. The van der Waals surface area contributed by atoms with Crippen molar-refractivity contribution in [3.05, 3.63) is 29.6 Å². The summed E-state index contributed by atoms with van der Waals surface area (Å²) in [6, 6.07) is 2.00. The second-order valence-electron chi connectivity index (χ2n) is 4.80. The molecule has 1 atom stereocenters. The predicted octanol–water partition coefficient (Wildman–Crippen LogP) is 3.56. The van der Waals surface area contributed by atoms with Gasteiger partial charge in [-0.15, -0.1) is 0 Å². The first-order valence-electron chi connectivity index (χ1n) is 6.64. The van der Waals surface area contributed by atoms with Crippen molar-refractivity contribution in [2.24, 2.45) is 0 Å². The van der Waals surface area contributed by atoms with E-state index in [-0.39, 0.29) is 18.3 Å². The molecule has 0 aliphatic heterocycles. The molecular weight excluding hydrogens is 288 g/mol. The Balaban J connectivity index is 2.65. The fourth-order valence-corrected chi connectivity index (χ4v) is 1.84. The van der Waals surface area contributed by atoms with Gasteiger partial charge >= 0.3 is 6.18 Å². The van der Waals surface area contributed by atoms with E-state index in [1.54, 1.807) is 0 Å². The number of amides is 1. The topological polar surface area (TPSA) is 41.1 Å². The van der Waals surface area contributed by atoms with Gasteiger partial charge in [0.05, 0.1) is 17.8 Å². The van der Waals surface area contributed by atoms with Gasteiger partial charge in [-0.05, 0) is 31.5 Å². The van der Waals surface area contributed by atoms with Gasteiger partial charge in [0.1, 0.15) is 5.82 Å². The first-order chi connectivity index (χ1) is 9.74. The Morgan fingerprint density at radius 3 is 2.57 bits per heavy atom.